The van der Waals surface area contributed by atoms with E-state index >= 15 is 0 Å². The second kappa shape index (κ2) is 7.93. The van der Waals surface area contributed by atoms with Gasteiger partial charge in [0.1, 0.15) is 0 Å². The molecule has 0 spiro atoms. The largest absolute Gasteiger partial charge is 0.339 e. The Morgan fingerprint density at radius 2 is 1.94 bits per heavy atom. The quantitative estimate of drug-likeness (QED) is 0.712. The summed E-state index contributed by atoms with van der Waals surface area (Å²) in [5, 5.41) is 0.684. The standard InChI is InChI=1S/C15H20ClNO/c1-3-10-17(11-4-2)15(18)9-8-13-6-5-7-14(16)12-13/h5-9,12H,3-4,10-11H2,1-2H3. The van der Waals surface area contributed by atoms with Gasteiger partial charge in [0.2, 0.25) is 5.91 Å². The highest BCUT2D eigenvalue weighted by Gasteiger charge is 2.07. The predicted octanol–water partition coefficient (Wildman–Crippen LogP) is 4.00. The van der Waals surface area contributed by atoms with Crippen molar-refractivity contribution in [1.29, 1.82) is 0 Å². The first-order valence-corrected chi connectivity index (χ1v) is 6.77. The average Bonchev–Trinajstić information content (AvgIpc) is 2.36. The Bertz CT molecular complexity index is 409. The molecule has 1 amide bonds. The third kappa shape index (κ3) is 4.92. The van der Waals surface area contributed by atoms with Gasteiger partial charge in [0.05, 0.1) is 0 Å². The Labute approximate surface area is 114 Å². The summed E-state index contributed by atoms with van der Waals surface area (Å²) in [6, 6.07) is 7.47. The Morgan fingerprint density at radius 1 is 1.28 bits per heavy atom. The van der Waals surface area contributed by atoms with Gasteiger partial charge < -0.3 is 4.90 Å². The fourth-order valence-corrected chi connectivity index (χ4v) is 1.95. The van der Waals surface area contributed by atoms with Crippen LogP contribution >= 0.6 is 11.6 Å². The summed E-state index contributed by atoms with van der Waals surface area (Å²) >= 11 is 5.89. The minimum atomic E-state index is 0.0682. The van der Waals surface area contributed by atoms with Gasteiger partial charge in [-0.25, -0.2) is 0 Å². The molecule has 18 heavy (non-hydrogen) atoms. The average molecular weight is 266 g/mol. The second-order valence-corrected chi connectivity index (χ2v) is 4.65. The van der Waals surface area contributed by atoms with Crippen LogP contribution in [0.15, 0.2) is 30.3 Å². The summed E-state index contributed by atoms with van der Waals surface area (Å²) in [4.78, 5) is 13.9. The molecule has 98 valence electrons. The normalized spacial score (nSPS) is 10.8. The lowest BCUT2D eigenvalue weighted by Gasteiger charge is -2.19. The molecule has 0 aliphatic carbocycles. The Hall–Kier alpha value is -1.28. The molecule has 3 heteroatoms. The maximum atomic E-state index is 12.0. The van der Waals surface area contributed by atoms with Crippen LogP contribution in [0.2, 0.25) is 5.02 Å². The third-order valence-corrected chi connectivity index (χ3v) is 2.80. The van der Waals surface area contributed by atoms with Crippen LogP contribution < -0.4 is 0 Å². The van der Waals surface area contributed by atoms with Gasteiger partial charge >= 0.3 is 0 Å². The van der Waals surface area contributed by atoms with E-state index in [4.69, 9.17) is 11.6 Å². The highest BCUT2D eigenvalue weighted by Crippen LogP contribution is 2.12. The van der Waals surface area contributed by atoms with Crippen molar-refractivity contribution in [3.63, 3.8) is 0 Å². The van der Waals surface area contributed by atoms with Crippen LogP contribution in [0.25, 0.3) is 6.08 Å². The minimum Gasteiger partial charge on any atom is -0.339 e. The summed E-state index contributed by atoms with van der Waals surface area (Å²) < 4.78 is 0. The monoisotopic (exact) mass is 265 g/mol. The fraction of sp³-hybridized carbons (Fsp3) is 0.400. The summed E-state index contributed by atoms with van der Waals surface area (Å²) in [6.45, 7) is 5.78. The maximum Gasteiger partial charge on any atom is 0.246 e. The first kappa shape index (κ1) is 14.8. The summed E-state index contributed by atoms with van der Waals surface area (Å²) in [5.74, 6) is 0.0682. The summed E-state index contributed by atoms with van der Waals surface area (Å²) in [5.41, 5.74) is 0.948. The number of hydrogen-bond donors (Lipinski definition) is 0. The van der Waals surface area contributed by atoms with Gasteiger partial charge in [-0.2, -0.15) is 0 Å². The molecule has 0 saturated carbocycles. The van der Waals surface area contributed by atoms with Gasteiger partial charge in [-0.1, -0.05) is 37.6 Å². The highest BCUT2D eigenvalue weighted by molar-refractivity contribution is 6.30. The van der Waals surface area contributed by atoms with E-state index in [2.05, 4.69) is 13.8 Å². The van der Waals surface area contributed by atoms with Crippen molar-refractivity contribution < 1.29 is 4.79 Å². The van der Waals surface area contributed by atoms with Crippen molar-refractivity contribution in [2.45, 2.75) is 26.7 Å². The van der Waals surface area contributed by atoms with E-state index in [0.717, 1.165) is 31.5 Å². The predicted molar refractivity (Wildman–Crippen MR) is 77.6 cm³/mol. The smallest absolute Gasteiger partial charge is 0.246 e. The van der Waals surface area contributed by atoms with E-state index in [0.29, 0.717) is 5.02 Å². The second-order valence-electron chi connectivity index (χ2n) is 4.21. The molecule has 0 aliphatic heterocycles. The van der Waals surface area contributed by atoms with Crippen molar-refractivity contribution in [2.75, 3.05) is 13.1 Å². The molecule has 0 unspecified atom stereocenters. The minimum absolute atomic E-state index is 0.0682. The van der Waals surface area contributed by atoms with Crippen LogP contribution in [-0.2, 0) is 4.79 Å². The van der Waals surface area contributed by atoms with Gasteiger partial charge in [0, 0.05) is 24.2 Å². The van der Waals surface area contributed by atoms with E-state index < -0.39 is 0 Å². The summed E-state index contributed by atoms with van der Waals surface area (Å²) in [7, 11) is 0. The molecule has 0 atom stereocenters. The molecule has 0 N–H and O–H groups in total. The van der Waals surface area contributed by atoms with E-state index in [1.165, 1.54) is 0 Å². The molecule has 0 aliphatic rings. The Morgan fingerprint density at radius 3 is 2.50 bits per heavy atom. The lowest BCUT2D eigenvalue weighted by Crippen LogP contribution is -2.30. The highest BCUT2D eigenvalue weighted by atomic mass is 35.5. The maximum absolute atomic E-state index is 12.0. The van der Waals surface area contributed by atoms with Crippen molar-refractivity contribution in [3.8, 4) is 0 Å². The zero-order chi connectivity index (χ0) is 13.4. The fourth-order valence-electron chi connectivity index (χ4n) is 1.76. The van der Waals surface area contributed by atoms with Crippen molar-refractivity contribution in [3.05, 3.63) is 40.9 Å². The number of hydrogen-bond acceptors (Lipinski definition) is 1. The van der Waals surface area contributed by atoms with E-state index in [9.17, 15) is 4.79 Å². The Balaban J connectivity index is 2.67. The molecular formula is C15H20ClNO. The molecule has 0 aromatic heterocycles. The van der Waals surface area contributed by atoms with Crippen LogP contribution in [0.1, 0.15) is 32.3 Å². The number of benzene rings is 1. The van der Waals surface area contributed by atoms with Gasteiger partial charge in [-0.15, -0.1) is 0 Å². The molecule has 0 bridgehead atoms. The lowest BCUT2D eigenvalue weighted by molar-refractivity contribution is -0.126. The number of halogens is 1. The van der Waals surface area contributed by atoms with Crippen molar-refractivity contribution >= 4 is 23.6 Å². The number of rotatable bonds is 6. The van der Waals surface area contributed by atoms with Gasteiger partial charge in [0.15, 0.2) is 0 Å². The van der Waals surface area contributed by atoms with Crippen LogP contribution in [0.4, 0.5) is 0 Å². The lowest BCUT2D eigenvalue weighted by atomic mass is 10.2. The van der Waals surface area contributed by atoms with Crippen molar-refractivity contribution in [2.24, 2.45) is 0 Å². The molecule has 2 nitrogen and oxygen atoms in total. The molecule has 1 rings (SSSR count). The molecule has 0 fully saturated rings. The number of nitrogens with zero attached hydrogens (tertiary/aromatic N) is 1. The zero-order valence-corrected chi connectivity index (χ0v) is 11.8. The topological polar surface area (TPSA) is 20.3 Å². The molecule has 1 aromatic rings. The molecule has 1 aromatic carbocycles. The third-order valence-electron chi connectivity index (χ3n) is 2.57. The van der Waals surface area contributed by atoms with Crippen LogP contribution in [0, 0.1) is 0 Å². The van der Waals surface area contributed by atoms with E-state index in [1.54, 1.807) is 6.08 Å². The number of carbonyl (C=O) groups is 1. The summed E-state index contributed by atoms with van der Waals surface area (Å²) in [6.07, 6.45) is 5.40. The molecule has 0 heterocycles. The van der Waals surface area contributed by atoms with Crippen LogP contribution in [-0.4, -0.2) is 23.9 Å². The van der Waals surface area contributed by atoms with Crippen LogP contribution in [0.3, 0.4) is 0 Å². The Kier molecular flexibility index (Phi) is 6.51. The van der Waals surface area contributed by atoms with Gasteiger partial charge in [-0.3, -0.25) is 4.79 Å². The SMILES string of the molecule is CCCN(CCC)C(=O)C=Cc1cccc(Cl)c1. The van der Waals surface area contributed by atoms with Crippen LogP contribution in [0.5, 0.6) is 0 Å². The molecule has 0 radical (unpaired) electrons. The first-order chi connectivity index (χ1) is 8.67. The zero-order valence-electron chi connectivity index (χ0n) is 11.0. The van der Waals surface area contributed by atoms with E-state index in [1.807, 2.05) is 35.2 Å². The number of carbonyl (C=O) groups excluding carboxylic acids is 1. The van der Waals surface area contributed by atoms with Crippen molar-refractivity contribution in [1.82, 2.24) is 4.90 Å². The molecule has 0 saturated heterocycles. The van der Waals surface area contributed by atoms with Gasteiger partial charge in [0.25, 0.3) is 0 Å². The molecular weight excluding hydrogens is 246 g/mol. The first-order valence-electron chi connectivity index (χ1n) is 6.40. The van der Waals surface area contributed by atoms with Gasteiger partial charge in [-0.05, 0) is 36.6 Å². The number of amides is 1. The van der Waals surface area contributed by atoms with E-state index in [-0.39, 0.29) is 5.91 Å².